The van der Waals surface area contributed by atoms with E-state index in [1.54, 1.807) is 24.3 Å². The maximum atomic E-state index is 13.8. The summed E-state index contributed by atoms with van der Waals surface area (Å²) in [6, 6.07) is 6.67. The van der Waals surface area contributed by atoms with Crippen LogP contribution in [0.4, 0.5) is 24.8 Å². The zero-order valence-corrected chi connectivity index (χ0v) is 17.2. The number of hydrogen-bond donors (Lipinski definition) is 2. The fraction of sp³-hybridized carbons (Fsp3) is 0.136. The van der Waals surface area contributed by atoms with Crippen LogP contribution in [0.15, 0.2) is 82.0 Å². The van der Waals surface area contributed by atoms with E-state index in [2.05, 4.69) is 21.9 Å². The van der Waals surface area contributed by atoms with Crippen LogP contribution in [0.1, 0.15) is 6.92 Å². The fourth-order valence-electron chi connectivity index (χ4n) is 3.01. The molecule has 166 valence electrons. The van der Waals surface area contributed by atoms with Gasteiger partial charge in [0.1, 0.15) is 0 Å². The van der Waals surface area contributed by atoms with Crippen molar-refractivity contribution in [2.24, 2.45) is 0 Å². The van der Waals surface area contributed by atoms with Crippen molar-refractivity contribution in [1.29, 1.82) is 0 Å². The number of aromatic nitrogens is 3. The number of pyridine rings is 1. The number of nitrogens with zero attached hydrogens (tertiary/aromatic N) is 2. The lowest BCUT2D eigenvalue weighted by molar-refractivity contribution is 0.402. The predicted molar refractivity (Wildman–Crippen MR) is 116 cm³/mol. The summed E-state index contributed by atoms with van der Waals surface area (Å²) in [5, 5.41) is 4.00. The first-order chi connectivity index (χ1) is 15.2. The Balaban J connectivity index is 2.06. The first kappa shape index (κ1) is 22.6. The monoisotopic (exact) mass is 444 g/mol. The molecule has 1 aromatic carbocycles. The highest BCUT2D eigenvalue weighted by atomic mass is 19.2. The summed E-state index contributed by atoms with van der Waals surface area (Å²) in [6.45, 7) is 4.16. The SMILES string of the molecule is C=C(F)/C(F)=C(F)\C=C(/C)Cn1cc(OC)c(=O)nc1Nc1cccc2c(=O)[nH]ccc12. The topological polar surface area (TPSA) is 89.0 Å². The fourth-order valence-corrected chi connectivity index (χ4v) is 3.01. The molecule has 0 radical (unpaired) electrons. The molecule has 0 unspecified atom stereocenters. The number of methoxy groups -OCH3 is 1. The Kier molecular flexibility index (Phi) is 6.62. The number of anilines is 2. The maximum Gasteiger partial charge on any atom is 0.316 e. The molecule has 2 aromatic heterocycles. The molecule has 0 aliphatic carbocycles. The van der Waals surface area contributed by atoms with Crippen molar-refractivity contribution >= 4 is 22.4 Å². The molecule has 7 nitrogen and oxygen atoms in total. The van der Waals surface area contributed by atoms with Crippen molar-refractivity contribution < 1.29 is 17.9 Å². The van der Waals surface area contributed by atoms with Crippen LogP contribution in [-0.2, 0) is 6.54 Å². The summed E-state index contributed by atoms with van der Waals surface area (Å²) in [5.41, 5.74) is -0.170. The van der Waals surface area contributed by atoms with Gasteiger partial charge in [-0.25, -0.2) is 13.2 Å². The Bertz CT molecular complexity index is 1370. The number of ether oxygens (including phenoxy) is 1. The lowest BCUT2D eigenvalue weighted by atomic mass is 10.1. The molecule has 3 rings (SSSR count). The Morgan fingerprint density at radius 3 is 2.69 bits per heavy atom. The smallest absolute Gasteiger partial charge is 0.316 e. The van der Waals surface area contributed by atoms with Gasteiger partial charge in [-0.05, 0) is 31.2 Å². The van der Waals surface area contributed by atoms with E-state index < -0.39 is 23.0 Å². The predicted octanol–water partition coefficient (Wildman–Crippen LogP) is 4.42. The average Bonchev–Trinajstić information content (AvgIpc) is 2.75. The lowest BCUT2D eigenvalue weighted by Gasteiger charge is -2.16. The Morgan fingerprint density at radius 1 is 1.25 bits per heavy atom. The third-order valence-electron chi connectivity index (χ3n) is 4.49. The molecular weight excluding hydrogens is 425 g/mol. The molecule has 3 aromatic rings. The van der Waals surface area contributed by atoms with E-state index in [4.69, 9.17) is 4.74 Å². The molecule has 32 heavy (non-hydrogen) atoms. The molecule has 0 bridgehead atoms. The molecule has 0 amide bonds. The van der Waals surface area contributed by atoms with Crippen LogP contribution in [0.5, 0.6) is 5.75 Å². The van der Waals surface area contributed by atoms with Crippen molar-refractivity contribution in [3.8, 4) is 5.75 Å². The van der Waals surface area contributed by atoms with Gasteiger partial charge < -0.3 is 19.6 Å². The zero-order chi connectivity index (χ0) is 23.4. The summed E-state index contributed by atoms with van der Waals surface area (Å²) >= 11 is 0. The normalized spacial score (nSPS) is 12.5. The molecule has 0 saturated heterocycles. The quantitative estimate of drug-likeness (QED) is 0.527. The van der Waals surface area contributed by atoms with E-state index in [1.165, 1.54) is 31.0 Å². The summed E-state index contributed by atoms with van der Waals surface area (Å²) in [4.78, 5) is 30.8. The van der Waals surface area contributed by atoms with E-state index in [9.17, 15) is 22.8 Å². The number of fused-ring (bicyclic) bond motifs is 1. The highest BCUT2D eigenvalue weighted by Gasteiger charge is 2.13. The second kappa shape index (κ2) is 9.38. The standard InChI is InChI=1S/C22H19F3N4O3/c1-12(9-16(24)19(25)13(2)23)10-29-11-18(32-3)21(31)28-22(29)27-17-6-4-5-15-14(17)7-8-26-20(15)30/h4-9,11H,2,10H2,1,3H3,(H,26,30)(H,27,28,31)/b12-9+,19-16-. The van der Waals surface area contributed by atoms with Gasteiger partial charge in [-0.15, -0.1) is 0 Å². The summed E-state index contributed by atoms with van der Waals surface area (Å²) in [5.74, 6) is -4.64. The minimum Gasteiger partial charge on any atom is -0.490 e. The molecule has 0 spiro atoms. The first-order valence-corrected chi connectivity index (χ1v) is 9.31. The summed E-state index contributed by atoms with van der Waals surface area (Å²) in [6.07, 6.45) is 3.64. The number of nitrogens with one attached hydrogen (secondary N) is 2. The highest BCUT2D eigenvalue weighted by molar-refractivity contribution is 5.94. The first-order valence-electron chi connectivity index (χ1n) is 9.31. The van der Waals surface area contributed by atoms with Gasteiger partial charge >= 0.3 is 5.56 Å². The number of allylic oxidation sites excluding steroid dienone is 5. The molecular formula is C22H19F3N4O3. The van der Waals surface area contributed by atoms with Gasteiger partial charge in [-0.3, -0.25) is 9.59 Å². The van der Waals surface area contributed by atoms with Crippen LogP contribution < -0.4 is 21.2 Å². The molecule has 0 fully saturated rings. The van der Waals surface area contributed by atoms with E-state index in [0.29, 0.717) is 16.5 Å². The van der Waals surface area contributed by atoms with Crippen molar-refractivity contribution in [2.75, 3.05) is 12.4 Å². The van der Waals surface area contributed by atoms with Crippen LogP contribution in [0.3, 0.4) is 0 Å². The number of benzene rings is 1. The van der Waals surface area contributed by atoms with Gasteiger partial charge in [0.2, 0.25) is 11.7 Å². The highest BCUT2D eigenvalue weighted by Crippen LogP contribution is 2.25. The van der Waals surface area contributed by atoms with Crippen LogP contribution in [-0.4, -0.2) is 21.6 Å². The van der Waals surface area contributed by atoms with Crippen molar-refractivity contribution in [3.05, 3.63) is 93.1 Å². The molecule has 10 heteroatoms. The van der Waals surface area contributed by atoms with Gasteiger partial charge in [-0.2, -0.15) is 4.98 Å². The van der Waals surface area contributed by atoms with E-state index >= 15 is 0 Å². The van der Waals surface area contributed by atoms with E-state index in [-0.39, 0.29) is 29.4 Å². The maximum absolute atomic E-state index is 13.8. The second-order valence-electron chi connectivity index (χ2n) is 6.82. The lowest BCUT2D eigenvalue weighted by Crippen LogP contribution is -2.19. The number of aromatic amines is 1. The summed E-state index contributed by atoms with van der Waals surface area (Å²) in [7, 11) is 1.29. The molecule has 0 aliphatic rings. The molecule has 0 saturated carbocycles. The Hall–Kier alpha value is -4.08. The third kappa shape index (κ3) is 4.80. The molecule has 2 heterocycles. The molecule has 0 atom stereocenters. The van der Waals surface area contributed by atoms with Gasteiger partial charge in [0.15, 0.2) is 17.5 Å². The van der Waals surface area contributed by atoms with Crippen LogP contribution in [0.25, 0.3) is 10.8 Å². The van der Waals surface area contributed by atoms with Gasteiger partial charge in [0.25, 0.3) is 5.56 Å². The number of hydrogen-bond acceptors (Lipinski definition) is 5. The average molecular weight is 444 g/mol. The van der Waals surface area contributed by atoms with Gasteiger partial charge in [0, 0.05) is 29.2 Å². The largest absolute Gasteiger partial charge is 0.490 e. The van der Waals surface area contributed by atoms with Crippen LogP contribution >= 0.6 is 0 Å². The second-order valence-corrected chi connectivity index (χ2v) is 6.82. The van der Waals surface area contributed by atoms with Crippen LogP contribution in [0, 0.1) is 0 Å². The van der Waals surface area contributed by atoms with E-state index in [0.717, 1.165) is 6.08 Å². The third-order valence-corrected chi connectivity index (χ3v) is 4.49. The number of rotatable bonds is 7. The van der Waals surface area contributed by atoms with Gasteiger partial charge in [-0.1, -0.05) is 18.2 Å². The zero-order valence-electron chi connectivity index (χ0n) is 17.2. The summed E-state index contributed by atoms with van der Waals surface area (Å²) < 4.78 is 46.5. The van der Waals surface area contributed by atoms with E-state index in [1.807, 2.05) is 0 Å². The Morgan fingerprint density at radius 2 is 2.00 bits per heavy atom. The molecule has 0 aliphatic heterocycles. The minimum atomic E-state index is -1.70. The van der Waals surface area contributed by atoms with Crippen molar-refractivity contribution in [1.82, 2.24) is 14.5 Å². The number of H-pyrrole nitrogens is 1. The minimum absolute atomic E-state index is 0.0449. The van der Waals surface area contributed by atoms with Gasteiger partial charge in [0.05, 0.1) is 13.3 Å². The van der Waals surface area contributed by atoms with Crippen molar-refractivity contribution in [2.45, 2.75) is 13.5 Å². The number of halogens is 3. The molecule has 2 N–H and O–H groups in total. The van der Waals surface area contributed by atoms with Crippen LogP contribution in [0.2, 0.25) is 0 Å². The van der Waals surface area contributed by atoms with Crippen molar-refractivity contribution in [3.63, 3.8) is 0 Å². The Labute approximate surface area is 180 Å².